The second-order valence-electron chi connectivity index (χ2n) is 4.90. The Hall–Kier alpha value is -0.0200. The van der Waals surface area contributed by atoms with Gasteiger partial charge in [0.25, 0.3) is 0 Å². The van der Waals surface area contributed by atoms with E-state index in [0.717, 1.165) is 32.0 Å². The quantitative estimate of drug-likeness (QED) is 0.406. The molecule has 21 heavy (non-hydrogen) atoms. The lowest BCUT2D eigenvalue weighted by Gasteiger charge is -2.12. The van der Waals surface area contributed by atoms with Crippen LogP contribution in [0.2, 0.25) is 0 Å². The van der Waals surface area contributed by atoms with Gasteiger partial charge in [-0.2, -0.15) is 11.8 Å². The molecule has 120 valence electrons. The molecular weight excluding hydrogens is 415 g/mol. The Morgan fingerprint density at radius 3 is 2.95 bits per heavy atom. The summed E-state index contributed by atoms with van der Waals surface area (Å²) >= 11 is 3.83. The summed E-state index contributed by atoms with van der Waals surface area (Å²) in [7, 11) is 0. The average molecular weight is 440 g/mol. The Morgan fingerprint density at radius 2 is 2.33 bits per heavy atom. The molecule has 2 heterocycles. The molecule has 0 radical (unpaired) electrons. The molecule has 7 heteroatoms. The first-order valence-electron chi connectivity index (χ1n) is 7.33. The first-order chi connectivity index (χ1) is 9.78. The van der Waals surface area contributed by atoms with E-state index in [-0.39, 0.29) is 24.0 Å². The average Bonchev–Trinajstić information content (AvgIpc) is 3.08. The molecule has 1 fully saturated rings. The zero-order chi connectivity index (χ0) is 14.2. The molecule has 4 nitrogen and oxygen atoms in total. The molecular formula is C14H25IN4S2. The van der Waals surface area contributed by atoms with Crippen molar-refractivity contribution in [3.63, 3.8) is 0 Å². The number of thioether (sulfide) groups is 1. The van der Waals surface area contributed by atoms with Gasteiger partial charge in [-0.1, -0.05) is 0 Å². The van der Waals surface area contributed by atoms with Gasteiger partial charge in [-0.05, 0) is 32.4 Å². The number of thiazole rings is 1. The number of nitrogens with one attached hydrogen (secondary N) is 2. The van der Waals surface area contributed by atoms with E-state index in [1.54, 1.807) is 11.3 Å². The maximum Gasteiger partial charge on any atom is 0.191 e. The van der Waals surface area contributed by atoms with E-state index >= 15 is 0 Å². The highest BCUT2D eigenvalue weighted by Gasteiger charge is 2.14. The van der Waals surface area contributed by atoms with Crippen molar-refractivity contribution < 1.29 is 0 Å². The molecule has 0 spiro atoms. The normalized spacial score (nSPS) is 18.4. The number of halogens is 1. The maximum atomic E-state index is 4.69. The smallest absolute Gasteiger partial charge is 0.191 e. The molecule has 2 rings (SSSR count). The van der Waals surface area contributed by atoms with Crippen molar-refractivity contribution in [1.29, 1.82) is 0 Å². The summed E-state index contributed by atoms with van der Waals surface area (Å²) in [5, 5.41) is 8.62. The number of aromatic nitrogens is 1. The number of rotatable bonds is 6. The van der Waals surface area contributed by atoms with E-state index in [4.69, 9.17) is 0 Å². The number of nitrogens with zero attached hydrogens (tertiary/aromatic N) is 2. The fraction of sp³-hybridized carbons (Fsp3) is 0.714. The van der Waals surface area contributed by atoms with Gasteiger partial charge in [0.1, 0.15) is 0 Å². The third-order valence-electron chi connectivity index (χ3n) is 3.12. The Kier molecular flexibility index (Phi) is 9.66. The van der Waals surface area contributed by atoms with Crippen molar-refractivity contribution in [2.75, 3.05) is 25.4 Å². The topological polar surface area (TPSA) is 49.3 Å². The lowest BCUT2D eigenvalue weighted by atomic mass is 10.2. The van der Waals surface area contributed by atoms with Crippen LogP contribution in [-0.2, 0) is 6.42 Å². The van der Waals surface area contributed by atoms with Crippen LogP contribution in [0.3, 0.4) is 0 Å². The Bertz CT molecular complexity index is 430. The molecule has 1 aliphatic heterocycles. The first-order valence-corrected chi connectivity index (χ1v) is 9.19. The highest BCUT2D eigenvalue weighted by molar-refractivity contribution is 14.0. The van der Waals surface area contributed by atoms with Gasteiger partial charge < -0.3 is 10.6 Å². The van der Waals surface area contributed by atoms with Crippen molar-refractivity contribution in [3.8, 4) is 0 Å². The molecule has 2 N–H and O–H groups in total. The van der Waals surface area contributed by atoms with Gasteiger partial charge in [-0.3, -0.25) is 4.99 Å². The van der Waals surface area contributed by atoms with Crippen molar-refractivity contribution in [2.24, 2.45) is 4.99 Å². The van der Waals surface area contributed by atoms with Crippen molar-refractivity contribution >= 4 is 53.0 Å². The minimum absolute atomic E-state index is 0. The summed E-state index contributed by atoms with van der Waals surface area (Å²) in [6.45, 7) is 6.91. The third-order valence-corrected chi connectivity index (χ3v) is 5.47. The van der Waals surface area contributed by atoms with E-state index in [9.17, 15) is 0 Å². The zero-order valence-electron chi connectivity index (χ0n) is 12.7. The molecule has 1 atom stereocenters. The van der Waals surface area contributed by atoms with Gasteiger partial charge in [0.2, 0.25) is 0 Å². The number of hydrogen-bond donors (Lipinski definition) is 2. The van der Waals surface area contributed by atoms with Gasteiger partial charge in [-0.25, -0.2) is 4.98 Å². The standard InChI is InChI=1S/C14H24N4S2.HI/c1-3-15-14(18-10-12-5-4-8-19-12)16-7-6-13-17-9-11(2)20-13;/h9,12H,3-8,10H2,1-2H3,(H2,15,16,18);1H. The molecule has 0 amide bonds. The van der Waals surface area contributed by atoms with Crippen molar-refractivity contribution in [2.45, 2.75) is 38.4 Å². The van der Waals surface area contributed by atoms with Gasteiger partial charge in [0.05, 0.1) is 11.6 Å². The van der Waals surface area contributed by atoms with E-state index in [1.807, 2.05) is 6.20 Å². The van der Waals surface area contributed by atoms with E-state index in [2.05, 4.69) is 46.2 Å². The van der Waals surface area contributed by atoms with Crippen LogP contribution < -0.4 is 10.6 Å². The van der Waals surface area contributed by atoms with Crippen LogP contribution in [0.5, 0.6) is 0 Å². The van der Waals surface area contributed by atoms with Crippen molar-refractivity contribution in [1.82, 2.24) is 15.6 Å². The monoisotopic (exact) mass is 440 g/mol. The van der Waals surface area contributed by atoms with Crippen molar-refractivity contribution in [3.05, 3.63) is 16.1 Å². The summed E-state index contributed by atoms with van der Waals surface area (Å²) in [6.07, 6.45) is 5.56. The molecule has 0 aliphatic carbocycles. The molecule has 1 saturated heterocycles. The first kappa shape index (κ1) is 19.0. The Morgan fingerprint density at radius 1 is 1.48 bits per heavy atom. The maximum absolute atomic E-state index is 4.69. The second-order valence-corrected chi connectivity index (χ2v) is 7.62. The van der Waals surface area contributed by atoms with Gasteiger partial charge in [0.15, 0.2) is 5.96 Å². The zero-order valence-corrected chi connectivity index (χ0v) is 16.7. The van der Waals surface area contributed by atoms with E-state index in [1.165, 1.54) is 28.5 Å². The highest BCUT2D eigenvalue weighted by atomic mass is 127. The van der Waals surface area contributed by atoms with Gasteiger partial charge >= 0.3 is 0 Å². The summed E-state index contributed by atoms with van der Waals surface area (Å²) < 4.78 is 0. The highest BCUT2D eigenvalue weighted by Crippen LogP contribution is 2.25. The number of guanidine groups is 1. The summed E-state index contributed by atoms with van der Waals surface area (Å²) in [4.78, 5) is 10.3. The molecule has 0 bridgehead atoms. The minimum Gasteiger partial charge on any atom is -0.357 e. The molecule has 1 unspecified atom stereocenters. The van der Waals surface area contributed by atoms with Crippen LogP contribution in [0, 0.1) is 6.92 Å². The predicted octanol–water partition coefficient (Wildman–Crippen LogP) is 3.06. The summed E-state index contributed by atoms with van der Waals surface area (Å²) in [6, 6.07) is 0. The Balaban J connectivity index is 0.00000220. The van der Waals surface area contributed by atoms with Crippen LogP contribution in [0.15, 0.2) is 11.2 Å². The summed E-state index contributed by atoms with van der Waals surface area (Å²) in [5.41, 5.74) is 0. The fourth-order valence-electron chi connectivity index (χ4n) is 2.13. The molecule has 0 saturated carbocycles. The largest absolute Gasteiger partial charge is 0.357 e. The predicted molar refractivity (Wildman–Crippen MR) is 105 cm³/mol. The lowest BCUT2D eigenvalue weighted by Crippen LogP contribution is -2.38. The summed E-state index contributed by atoms with van der Waals surface area (Å²) in [5.74, 6) is 2.24. The molecule has 1 aromatic heterocycles. The third kappa shape index (κ3) is 7.19. The van der Waals surface area contributed by atoms with E-state index < -0.39 is 0 Å². The molecule has 0 aromatic carbocycles. The molecule has 1 aromatic rings. The van der Waals surface area contributed by atoms with E-state index in [0.29, 0.717) is 5.25 Å². The number of aryl methyl sites for hydroxylation is 1. The number of aliphatic imine (C=N–C) groups is 1. The van der Waals surface area contributed by atoms with Crippen LogP contribution >= 0.6 is 47.1 Å². The van der Waals surface area contributed by atoms with Crippen LogP contribution in [0.4, 0.5) is 0 Å². The van der Waals surface area contributed by atoms with Gasteiger partial charge in [-0.15, -0.1) is 35.3 Å². The van der Waals surface area contributed by atoms with Gasteiger partial charge in [0, 0.05) is 35.8 Å². The lowest BCUT2D eigenvalue weighted by molar-refractivity contribution is 0.760. The second kappa shape index (κ2) is 10.7. The minimum atomic E-state index is 0. The van der Waals surface area contributed by atoms with Crippen LogP contribution in [0.25, 0.3) is 0 Å². The number of hydrogen-bond acceptors (Lipinski definition) is 4. The van der Waals surface area contributed by atoms with Crippen LogP contribution in [-0.4, -0.2) is 41.6 Å². The van der Waals surface area contributed by atoms with Crippen LogP contribution in [0.1, 0.15) is 29.7 Å². The Labute approximate surface area is 153 Å². The molecule has 1 aliphatic rings. The SMILES string of the molecule is CCNC(=NCC1CCCS1)NCCc1ncc(C)s1.I. The fourth-order valence-corrected chi connectivity index (χ4v) is 4.09.